The van der Waals surface area contributed by atoms with Crippen LogP contribution in [0.2, 0.25) is 0 Å². The lowest BCUT2D eigenvalue weighted by Crippen LogP contribution is -2.52. The summed E-state index contributed by atoms with van der Waals surface area (Å²) >= 11 is 0. The van der Waals surface area contributed by atoms with Crippen molar-refractivity contribution >= 4 is 34.9 Å². The van der Waals surface area contributed by atoms with Gasteiger partial charge in [-0.2, -0.15) is 0 Å². The van der Waals surface area contributed by atoms with Crippen molar-refractivity contribution in [2.24, 2.45) is 23.7 Å². The van der Waals surface area contributed by atoms with Crippen LogP contribution in [0.1, 0.15) is 77.1 Å². The Labute approximate surface area is 377 Å². The summed E-state index contributed by atoms with van der Waals surface area (Å²) in [5.74, 6) is 1.99. The van der Waals surface area contributed by atoms with Gasteiger partial charge in [-0.1, -0.05) is 88.4 Å². The van der Waals surface area contributed by atoms with Crippen molar-refractivity contribution in [1.29, 1.82) is 0 Å². The van der Waals surface area contributed by atoms with Crippen LogP contribution < -0.4 is 10.6 Å². The van der Waals surface area contributed by atoms with E-state index in [1.165, 1.54) is 14.2 Å². The topological polar surface area (TPSA) is 190 Å². The van der Waals surface area contributed by atoms with Crippen LogP contribution in [0, 0.1) is 23.7 Å². The maximum Gasteiger partial charge on any atom is 0.407 e. The number of nitrogens with one attached hydrogen (secondary N) is 5. The molecule has 2 saturated carbocycles. The number of methoxy groups -OCH3 is 2. The van der Waals surface area contributed by atoms with E-state index in [0.717, 1.165) is 93.0 Å². The second-order valence-corrected chi connectivity index (χ2v) is 18.8. The number of alkyl carbamates (subject to hydrolysis) is 2. The van der Waals surface area contributed by atoms with Gasteiger partial charge >= 0.3 is 12.2 Å². The van der Waals surface area contributed by atoms with Crippen LogP contribution in [-0.4, -0.2) is 97.1 Å². The van der Waals surface area contributed by atoms with Gasteiger partial charge in [-0.25, -0.2) is 19.6 Å². The number of carbonyl (C=O) groups is 4. The summed E-state index contributed by atoms with van der Waals surface area (Å²) in [6.07, 6.45) is 8.06. The number of hydrogen-bond donors (Lipinski definition) is 5. The molecule has 0 radical (unpaired) electrons. The van der Waals surface area contributed by atoms with E-state index in [0.29, 0.717) is 11.8 Å². The SMILES string of the molecule is COC(=O)NC(C(=O)N1[C@@H]2C[C@@H]2C[C@H]1c1ncc(-c2ccc(-c3ccc(-c4ccc(-c5cnc([C@@H]6C[C@H]7C[C@H]7N6C(=O)C(NC(=O)OC)C(C)C)[nH]5)cc4)c4[nH]ccc34)cc2)[nH]1)C(C)C. The van der Waals surface area contributed by atoms with Gasteiger partial charge in [-0.05, 0) is 83.2 Å². The maximum atomic E-state index is 13.9. The van der Waals surface area contributed by atoms with Gasteiger partial charge in [-0.3, -0.25) is 9.59 Å². The zero-order chi connectivity index (χ0) is 45.3. The Morgan fingerprint density at radius 2 is 1.03 bits per heavy atom. The van der Waals surface area contributed by atoms with Gasteiger partial charge in [0.15, 0.2) is 0 Å². The van der Waals surface area contributed by atoms with Gasteiger partial charge < -0.3 is 44.9 Å². The number of fused-ring (bicyclic) bond motifs is 3. The number of imidazole rings is 2. The first-order chi connectivity index (χ1) is 31.4. The molecule has 10 rings (SSSR count). The number of likely N-dealkylation sites (tertiary alicyclic amines) is 2. The third-order valence-corrected chi connectivity index (χ3v) is 14.1. The Bertz CT molecular complexity index is 2590. The molecule has 0 spiro atoms. The van der Waals surface area contributed by atoms with E-state index in [1.807, 2.05) is 56.1 Å². The number of H-pyrrole nitrogens is 3. The van der Waals surface area contributed by atoms with Gasteiger partial charge in [0.1, 0.15) is 23.7 Å². The van der Waals surface area contributed by atoms with Crippen LogP contribution in [0.4, 0.5) is 9.59 Å². The Morgan fingerprint density at radius 1 is 0.600 bits per heavy atom. The highest BCUT2D eigenvalue weighted by molar-refractivity contribution is 6.03. The number of rotatable bonds is 12. The second-order valence-electron chi connectivity index (χ2n) is 18.8. The minimum absolute atomic E-state index is 0.0991. The Balaban J connectivity index is 0.832. The average Bonchev–Trinajstić information content (AvgIpc) is 3.77. The van der Waals surface area contributed by atoms with Crippen LogP contribution >= 0.6 is 0 Å². The van der Waals surface area contributed by atoms with Gasteiger partial charge in [0.25, 0.3) is 0 Å². The normalized spacial score (nSPS) is 22.7. The fourth-order valence-corrected chi connectivity index (χ4v) is 10.4. The van der Waals surface area contributed by atoms with Crippen molar-refractivity contribution in [1.82, 2.24) is 45.4 Å². The third kappa shape index (κ3) is 7.69. The standard InChI is InChI=1S/C50H55N9O6/c1-25(2)42(56-49(62)64-5)47(60)58-38-19-31(38)21-40(58)45-52-23-36(54-45)29-11-7-27(8-12-29)33-15-16-34(44-35(33)17-18-51-44)28-9-13-30(14-10-28)37-24-53-46(55-37)41-22-32-20-39(32)59(41)48(61)43(26(3)4)57-50(63)65-6/h7-18,23-26,31-32,38-43,51H,19-22H2,1-6H3,(H,52,54)(H,53,55)(H,56,62)(H,57,63)/t31-,32-,38-,39-,40+,41+,42?,43?/m1/s1. The molecule has 0 bridgehead atoms. The molecule has 2 aliphatic heterocycles. The third-order valence-electron chi connectivity index (χ3n) is 14.1. The Kier molecular flexibility index (Phi) is 10.7. The van der Waals surface area contributed by atoms with Crippen LogP contribution in [0.15, 0.2) is 85.3 Å². The molecule has 15 nitrogen and oxygen atoms in total. The van der Waals surface area contributed by atoms with Crippen molar-refractivity contribution < 1.29 is 28.7 Å². The number of aromatic amines is 3. The minimum Gasteiger partial charge on any atom is -0.453 e. The fourth-order valence-electron chi connectivity index (χ4n) is 10.4. The van der Waals surface area contributed by atoms with Gasteiger partial charge in [0, 0.05) is 29.2 Å². The first-order valence-corrected chi connectivity index (χ1v) is 22.7. The molecule has 5 N–H and O–H groups in total. The maximum absolute atomic E-state index is 13.9. The zero-order valence-electron chi connectivity index (χ0n) is 37.4. The smallest absolute Gasteiger partial charge is 0.407 e. The van der Waals surface area contributed by atoms with Gasteiger partial charge in [0.2, 0.25) is 11.8 Å². The summed E-state index contributed by atoms with van der Waals surface area (Å²) in [6.45, 7) is 7.70. The number of benzene rings is 3. The van der Waals surface area contributed by atoms with Gasteiger partial charge in [-0.15, -0.1) is 0 Å². The minimum atomic E-state index is -0.682. The molecule has 4 fully saturated rings. The first kappa shape index (κ1) is 42.1. The molecule has 2 aliphatic carbocycles. The van der Waals surface area contributed by atoms with E-state index in [2.05, 4.69) is 92.3 Å². The summed E-state index contributed by atoms with van der Waals surface area (Å²) in [5.41, 5.74) is 9.13. The van der Waals surface area contributed by atoms with Crippen LogP contribution in [0.3, 0.4) is 0 Å². The molecule has 3 aromatic heterocycles. The predicted octanol–water partition coefficient (Wildman–Crippen LogP) is 8.37. The molecule has 8 atom stereocenters. The second kappa shape index (κ2) is 16.6. The van der Waals surface area contributed by atoms with Crippen molar-refractivity contribution in [3.8, 4) is 44.8 Å². The number of aromatic nitrogens is 5. The highest BCUT2D eigenvalue weighted by Crippen LogP contribution is 2.54. The molecule has 65 heavy (non-hydrogen) atoms. The first-order valence-electron chi connectivity index (χ1n) is 22.7. The van der Waals surface area contributed by atoms with Crippen molar-refractivity contribution in [3.05, 3.63) is 97.0 Å². The predicted molar refractivity (Wildman–Crippen MR) is 245 cm³/mol. The quantitative estimate of drug-likeness (QED) is 0.0810. The largest absolute Gasteiger partial charge is 0.453 e. The van der Waals surface area contributed by atoms with Crippen LogP contribution in [0.25, 0.3) is 55.7 Å². The number of carbonyl (C=O) groups excluding carboxylic acids is 4. The highest BCUT2D eigenvalue weighted by Gasteiger charge is 2.57. The lowest BCUT2D eigenvalue weighted by atomic mass is 9.95. The lowest BCUT2D eigenvalue weighted by molar-refractivity contribution is -0.137. The number of hydrogen-bond acceptors (Lipinski definition) is 8. The number of piperidine rings is 2. The summed E-state index contributed by atoms with van der Waals surface area (Å²) in [5, 5.41) is 6.61. The number of nitrogens with zero attached hydrogens (tertiary/aromatic N) is 4. The fraction of sp³-hybridized carbons (Fsp3) is 0.400. The average molecular weight is 878 g/mol. The number of ether oxygens (including phenoxy) is 2. The molecule has 336 valence electrons. The van der Waals surface area contributed by atoms with Gasteiger partial charge in [0.05, 0.1) is 55.6 Å². The summed E-state index contributed by atoms with van der Waals surface area (Å²) in [7, 11) is 2.61. The highest BCUT2D eigenvalue weighted by atomic mass is 16.5. The van der Waals surface area contributed by atoms with Crippen molar-refractivity contribution in [3.63, 3.8) is 0 Å². The summed E-state index contributed by atoms with van der Waals surface area (Å²) in [4.78, 5) is 75.9. The van der Waals surface area contributed by atoms with Crippen LogP contribution in [0.5, 0.6) is 0 Å². The summed E-state index contributed by atoms with van der Waals surface area (Å²) in [6, 6.07) is 21.9. The van der Waals surface area contributed by atoms with E-state index in [4.69, 9.17) is 19.4 Å². The molecule has 6 aromatic rings. The zero-order valence-corrected chi connectivity index (χ0v) is 37.4. The van der Waals surface area contributed by atoms with E-state index >= 15 is 0 Å². The van der Waals surface area contributed by atoms with E-state index in [1.54, 1.807) is 0 Å². The molecule has 2 unspecified atom stereocenters. The molecule has 5 heterocycles. The van der Waals surface area contributed by atoms with E-state index in [-0.39, 0.29) is 47.8 Å². The van der Waals surface area contributed by atoms with E-state index < -0.39 is 24.3 Å². The molecular weight excluding hydrogens is 823 g/mol. The molecule has 4 aliphatic rings. The monoisotopic (exact) mass is 877 g/mol. The number of amides is 4. The molecule has 2 saturated heterocycles. The molecule has 15 heteroatoms. The Hall–Kier alpha value is -6.90. The van der Waals surface area contributed by atoms with Crippen molar-refractivity contribution in [2.75, 3.05) is 14.2 Å². The van der Waals surface area contributed by atoms with Crippen LogP contribution in [-0.2, 0) is 19.1 Å². The molecular formula is C50H55N9O6. The van der Waals surface area contributed by atoms with Crippen molar-refractivity contribution in [2.45, 2.75) is 89.6 Å². The molecule has 4 amide bonds. The molecule has 3 aromatic carbocycles. The lowest BCUT2D eigenvalue weighted by Gasteiger charge is -2.31. The summed E-state index contributed by atoms with van der Waals surface area (Å²) < 4.78 is 9.63. The van der Waals surface area contributed by atoms with E-state index in [9.17, 15) is 19.2 Å². The Morgan fingerprint density at radius 3 is 1.48 bits per heavy atom.